The zero-order valence-corrected chi connectivity index (χ0v) is 12.1. The number of amides is 1. The number of benzene rings is 1. The Morgan fingerprint density at radius 3 is 2.67 bits per heavy atom. The molecule has 0 bridgehead atoms. The van der Waals surface area contributed by atoms with Crippen molar-refractivity contribution in [2.45, 2.75) is 19.1 Å². The first-order chi connectivity index (χ1) is 9.97. The predicted octanol–water partition coefficient (Wildman–Crippen LogP) is 1.60. The number of rotatable bonds is 4. The highest BCUT2D eigenvalue weighted by molar-refractivity contribution is 6.07. The first-order valence-corrected chi connectivity index (χ1v) is 6.32. The molecule has 2 rings (SSSR count). The maximum Gasteiger partial charge on any atom is 0.253 e. The molecule has 6 heteroatoms. The SMILES string of the molecule is COc1ccc(OC)c(N2C(=O)C=C(C)[C@@]2(O)CC#N)c1. The first-order valence-electron chi connectivity index (χ1n) is 6.32. The third-order valence-corrected chi connectivity index (χ3v) is 3.51. The monoisotopic (exact) mass is 288 g/mol. The van der Waals surface area contributed by atoms with Crippen molar-refractivity contribution in [3.63, 3.8) is 0 Å². The van der Waals surface area contributed by atoms with Crippen molar-refractivity contribution in [2.24, 2.45) is 0 Å². The van der Waals surface area contributed by atoms with E-state index >= 15 is 0 Å². The quantitative estimate of drug-likeness (QED) is 0.910. The van der Waals surface area contributed by atoms with E-state index in [0.29, 0.717) is 22.8 Å². The van der Waals surface area contributed by atoms with Gasteiger partial charge in [-0.3, -0.25) is 9.69 Å². The summed E-state index contributed by atoms with van der Waals surface area (Å²) >= 11 is 0. The predicted molar refractivity (Wildman–Crippen MR) is 76.0 cm³/mol. The molecule has 1 amide bonds. The molecule has 6 nitrogen and oxygen atoms in total. The molecule has 0 unspecified atom stereocenters. The van der Waals surface area contributed by atoms with E-state index in [4.69, 9.17) is 14.7 Å². The second-order valence-corrected chi connectivity index (χ2v) is 4.69. The van der Waals surface area contributed by atoms with Gasteiger partial charge in [0.2, 0.25) is 0 Å². The normalized spacial score (nSPS) is 21.0. The van der Waals surface area contributed by atoms with Gasteiger partial charge >= 0.3 is 0 Å². The summed E-state index contributed by atoms with van der Waals surface area (Å²) in [6, 6.07) is 6.83. The lowest BCUT2D eigenvalue weighted by molar-refractivity contribution is -0.116. The van der Waals surface area contributed by atoms with Crippen LogP contribution < -0.4 is 14.4 Å². The number of hydrogen-bond acceptors (Lipinski definition) is 5. The van der Waals surface area contributed by atoms with Crippen LogP contribution in [0.3, 0.4) is 0 Å². The van der Waals surface area contributed by atoms with Crippen LogP contribution >= 0.6 is 0 Å². The lowest BCUT2D eigenvalue weighted by Crippen LogP contribution is -2.48. The molecule has 0 spiro atoms. The van der Waals surface area contributed by atoms with Crippen molar-refractivity contribution in [3.8, 4) is 17.6 Å². The van der Waals surface area contributed by atoms with Gasteiger partial charge in [0.05, 0.1) is 32.4 Å². The van der Waals surface area contributed by atoms with Crippen molar-refractivity contribution in [3.05, 3.63) is 29.8 Å². The van der Waals surface area contributed by atoms with E-state index in [9.17, 15) is 9.90 Å². The largest absolute Gasteiger partial charge is 0.497 e. The molecule has 1 aliphatic heterocycles. The summed E-state index contributed by atoms with van der Waals surface area (Å²) in [5.74, 6) is 0.517. The molecule has 1 N–H and O–H groups in total. The molecule has 1 aliphatic rings. The molecule has 1 aromatic carbocycles. The Morgan fingerprint density at radius 2 is 2.10 bits per heavy atom. The Bertz CT molecular complexity index is 648. The third kappa shape index (κ3) is 2.32. The van der Waals surface area contributed by atoms with E-state index in [1.807, 2.05) is 6.07 Å². The number of methoxy groups -OCH3 is 2. The number of carbonyl (C=O) groups is 1. The number of ether oxygens (including phenoxy) is 2. The highest BCUT2D eigenvalue weighted by Gasteiger charge is 2.46. The number of carbonyl (C=O) groups excluding carboxylic acids is 1. The van der Waals surface area contributed by atoms with Crippen molar-refractivity contribution >= 4 is 11.6 Å². The minimum Gasteiger partial charge on any atom is -0.497 e. The van der Waals surface area contributed by atoms with Gasteiger partial charge in [-0.2, -0.15) is 5.26 Å². The fraction of sp³-hybridized carbons (Fsp3) is 0.333. The molecule has 21 heavy (non-hydrogen) atoms. The van der Waals surface area contributed by atoms with Crippen LogP contribution in [0.2, 0.25) is 0 Å². The summed E-state index contributed by atoms with van der Waals surface area (Å²) in [4.78, 5) is 13.4. The van der Waals surface area contributed by atoms with Gasteiger partial charge in [0.15, 0.2) is 5.72 Å². The standard InChI is InChI=1S/C15H16N2O4/c1-10-8-14(18)17(15(10,19)6-7-16)12-9-11(20-2)4-5-13(12)21-3/h4-5,8-9,19H,6H2,1-3H3/t15-/m0/s1. The zero-order valence-electron chi connectivity index (χ0n) is 12.1. The van der Waals surface area contributed by atoms with E-state index < -0.39 is 11.6 Å². The summed E-state index contributed by atoms with van der Waals surface area (Å²) in [5.41, 5.74) is -0.905. The Hall–Kier alpha value is -2.52. The van der Waals surface area contributed by atoms with Crippen LogP contribution in [-0.4, -0.2) is 31.0 Å². The van der Waals surface area contributed by atoms with Crippen molar-refractivity contribution in [2.75, 3.05) is 19.1 Å². The van der Waals surface area contributed by atoms with Gasteiger partial charge in [0.25, 0.3) is 5.91 Å². The average Bonchev–Trinajstić information content (AvgIpc) is 2.68. The van der Waals surface area contributed by atoms with Crippen LogP contribution in [0.1, 0.15) is 13.3 Å². The maximum atomic E-state index is 12.2. The first kappa shape index (κ1) is 14.9. The molecule has 1 aromatic rings. The Labute approximate surface area is 122 Å². The van der Waals surface area contributed by atoms with Crippen LogP contribution in [0.15, 0.2) is 29.8 Å². The molecule has 0 saturated heterocycles. The number of nitriles is 1. The fourth-order valence-corrected chi connectivity index (χ4v) is 2.34. The molecule has 0 fully saturated rings. The number of anilines is 1. The molecule has 0 aromatic heterocycles. The molecule has 0 radical (unpaired) electrons. The summed E-state index contributed by atoms with van der Waals surface area (Å²) in [6.07, 6.45) is 1.08. The van der Waals surface area contributed by atoms with E-state index in [-0.39, 0.29) is 6.42 Å². The Kier molecular flexibility index (Phi) is 3.87. The minimum absolute atomic E-state index is 0.235. The fourth-order valence-electron chi connectivity index (χ4n) is 2.34. The molecular weight excluding hydrogens is 272 g/mol. The van der Waals surface area contributed by atoms with Crippen LogP contribution in [0.25, 0.3) is 0 Å². The average molecular weight is 288 g/mol. The smallest absolute Gasteiger partial charge is 0.253 e. The van der Waals surface area contributed by atoms with Crippen molar-refractivity contribution in [1.82, 2.24) is 0 Å². The van der Waals surface area contributed by atoms with E-state index in [1.165, 1.54) is 20.3 Å². The summed E-state index contributed by atoms with van der Waals surface area (Å²) in [5, 5.41) is 19.7. The topological polar surface area (TPSA) is 82.8 Å². The van der Waals surface area contributed by atoms with Gasteiger partial charge in [-0.15, -0.1) is 0 Å². The van der Waals surface area contributed by atoms with Gasteiger partial charge in [0.1, 0.15) is 11.5 Å². The van der Waals surface area contributed by atoms with Crippen LogP contribution in [-0.2, 0) is 4.79 Å². The lowest BCUT2D eigenvalue weighted by atomic mass is 10.0. The Balaban J connectivity index is 2.59. The lowest BCUT2D eigenvalue weighted by Gasteiger charge is -2.34. The number of aliphatic hydroxyl groups is 1. The van der Waals surface area contributed by atoms with Gasteiger partial charge < -0.3 is 14.6 Å². The van der Waals surface area contributed by atoms with Crippen LogP contribution in [0.4, 0.5) is 5.69 Å². The highest BCUT2D eigenvalue weighted by atomic mass is 16.5. The zero-order chi connectivity index (χ0) is 15.6. The molecule has 1 heterocycles. The van der Waals surface area contributed by atoms with Gasteiger partial charge in [0, 0.05) is 12.1 Å². The molecule has 110 valence electrons. The van der Waals surface area contributed by atoms with Gasteiger partial charge in [-0.05, 0) is 24.6 Å². The summed E-state index contributed by atoms with van der Waals surface area (Å²) < 4.78 is 10.4. The summed E-state index contributed by atoms with van der Waals surface area (Å²) in [7, 11) is 2.97. The molecule has 1 atom stereocenters. The third-order valence-electron chi connectivity index (χ3n) is 3.51. The van der Waals surface area contributed by atoms with Gasteiger partial charge in [-0.25, -0.2) is 0 Å². The van der Waals surface area contributed by atoms with E-state index in [2.05, 4.69) is 0 Å². The summed E-state index contributed by atoms with van der Waals surface area (Å²) in [6.45, 7) is 1.61. The molecular formula is C15H16N2O4. The van der Waals surface area contributed by atoms with Crippen LogP contribution in [0, 0.1) is 11.3 Å². The van der Waals surface area contributed by atoms with Crippen molar-refractivity contribution < 1.29 is 19.4 Å². The highest BCUT2D eigenvalue weighted by Crippen LogP contribution is 2.41. The van der Waals surface area contributed by atoms with E-state index in [1.54, 1.807) is 25.1 Å². The van der Waals surface area contributed by atoms with E-state index in [0.717, 1.165) is 4.90 Å². The second kappa shape index (κ2) is 5.46. The molecule has 0 saturated carbocycles. The molecule has 0 aliphatic carbocycles. The van der Waals surface area contributed by atoms with Gasteiger partial charge in [-0.1, -0.05) is 0 Å². The maximum absolute atomic E-state index is 12.2. The number of hydrogen-bond donors (Lipinski definition) is 1. The van der Waals surface area contributed by atoms with Crippen molar-refractivity contribution in [1.29, 1.82) is 5.26 Å². The Morgan fingerprint density at radius 1 is 1.38 bits per heavy atom. The second-order valence-electron chi connectivity index (χ2n) is 4.69. The van der Waals surface area contributed by atoms with Crippen LogP contribution in [0.5, 0.6) is 11.5 Å². The number of nitrogens with zero attached hydrogens (tertiary/aromatic N) is 2. The minimum atomic E-state index is -1.68.